The highest BCUT2D eigenvalue weighted by Crippen LogP contribution is 2.25. The number of hydrogen-bond acceptors (Lipinski definition) is 6. The van der Waals surface area contributed by atoms with Gasteiger partial charge in [-0.3, -0.25) is 10.0 Å². The van der Waals surface area contributed by atoms with Gasteiger partial charge in [-0.05, 0) is 37.5 Å². The van der Waals surface area contributed by atoms with Crippen molar-refractivity contribution in [3.63, 3.8) is 0 Å². The smallest absolute Gasteiger partial charge is 0.261 e. The van der Waals surface area contributed by atoms with E-state index in [9.17, 15) is 13.2 Å². The Morgan fingerprint density at radius 1 is 1.30 bits per heavy atom. The average Bonchev–Trinajstić information content (AvgIpc) is 2.60. The molecule has 1 aliphatic rings. The minimum absolute atomic E-state index is 0.0460. The quantitative estimate of drug-likeness (QED) is 0.326. The first kappa shape index (κ1) is 17.4. The van der Waals surface area contributed by atoms with E-state index in [1.165, 1.54) is 29.7 Å². The Labute approximate surface area is 134 Å². The van der Waals surface area contributed by atoms with Crippen LogP contribution in [0.2, 0.25) is 0 Å². The molecule has 8 nitrogen and oxygen atoms in total. The zero-order valence-electron chi connectivity index (χ0n) is 12.6. The number of benzene rings is 1. The summed E-state index contributed by atoms with van der Waals surface area (Å²) in [7, 11) is -3.86. The molecule has 23 heavy (non-hydrogen) atoms. The zero-order valence-corrected chi connectivity index (χ0v) is 13.5. The summed E-state index contributed by atoms with van der Waals surface area (Å²) < 4.78 is 26.6. The normalized spacial score (nSPS) is 20.3. The van der Waals surface area contributed by atoms with Gasteiger partial charge in [-0.25, -0.2) is 13.9 Å². The summed E-state index contributed by atoms with van der Waals surface area (Å²) in [4.78, 5) is 11.8. The largest absolute Gasteiger partial charge is 0.411 e. The third kappa shape index (κ3) is 3.52. The van der Waals surface area contributed by atoms with Crippen LogP contribution in [0.1, 0.15) is 31.7 Å². The van der Waals surface area contributed by atoms with Gasteiger partial charge < -0.3 is 5.21 Å². The summed E-state index contributed by atoms with van der Waals surface area (Å²) in [5, 5.41) is 20.6. The van der Waals surface area contributed by atoms with Crippen LogP contribution in [0.3, 0.4) is 0 Å². The van der Waals surface area contributed by atoms with Gasteiger partial charge in [0.15, 0.2) is 0 Å². The van der Waals surface area contributed by atoms with Crippen molar-refractivity contribution in [2.45, 2.75) is 37.1 Å². The maximum atomic E-state index is 12.8. The third-order valence-corrected chi connectivity index (χ3v) is 5.82. The lowest BCUT2D eigenvalue weighted by Gasteiger charge is -2.33. The Hall–Kier alpha value is -1.97. The second-order valence-corrected chi connectivity index (χ2v) is 7.20. The summed E-state index contributed by atoms with van der Waals surface area (Å²) in [6, 6.07) is 4.96. The van der Waals surface area contributed by atoms with Gasteiger partial charge in [0.25, 0.3) is 5.91 Å². The molecule has 1 aliphatic heterocycles. The second-order valence-electron chi connectivity index (χ2n) is 5.31. The number of hydroxylamine groups is 1. The summed E-state index contributed by atoms with van der Waals surface area (Å²) in [5.41, 5.74) is 2.49. The Morgan fingerprint density at radius 2 is 1.96 bits per heavy atom. The maximum Gasteiger partial charge on any atom is 0.261 e. The molecule has 1 aromatic rings. The molecule has 1 unspecified atom stereocenters. The molecule has 3 N–H and O–H groups in total. The monoisotopic (exact) mass is 341 g/mol. The van der Waals surface area contributed by atoms with Gasteiger partial charge in [-0.1, -0.05) is 23.7 Å². The molecule has 0 radical (unpaired) electrons. The zero-order chi connectivity index (χ0) is 17.0. The molecule has 1 atom stereocenters. The number of sulfonamides is 1. The Bertz CT molecular complexity index is 700. The number of nitrogens with one attached hydrogen (secondary N) is 1. The van der Waals surface area contributed by atoms with Gasteiger partial charge in [-0.15, -0.1) is 0 Å². The van der Waals surface area contributed by atoms with E-state index in [0.29, 0.717) is 24.1 Å². The molecule has 1 aromatic carbocycles. The SMILES string of the molecule is CC(=NO)c1ccc(S(=O)(=O)N2CCCCC2C(=O)NO)cc1. The van der Waals surface area contributed by atoms with E-state index in [1.807, 2.05) is 0 Å². The number of amides is 1. The van der Waals surface area contributed by atoms with Crippen molar-refractivity contribution in [3.05, 3.63) is 29.8 Å². The molecule has 126 valence electrons. The first-order chi connectivity index (χ1) is 10.9. The molecule has 0 saturated carbocycles. The van der Waals surface area contributed by atoms with Crippen molar-refractivity contribution >= 4 is 21.6 Å². The van der Waals surface area contributed by atoms with Crippen LogP contribution in [-0.2, 0) is 14.8 Å². The molecule has 1 amide bonds. The van der Waals surface area contributed by atoms with Gasteiger partial charge in [0.1, 0.15) is 6.04 Å². The molecule has 1 saturated heterocycles. The van der Waals surface area contributed by atoms with E-state index < -0.39 is 22.0 Å². The van der Waals surface area contributed by atoms with Crippen molar-refractivity contribution in [2.75, 3.05) is 6.54 Å². The first-order valence-electron chi connectivity index (χ1n) is 7.16. The Balaban J connectivity index is 2.34. The van der Waals surface area contributed by atoms with Crippen LogP contribution >= 0.6 is 0 Å². The number of carbonyl (C=O) groups is 1. The number of oxime groups is 1. The number of carbonyl (C=O) groups excluding carboxylic acids is 1. The number of rotatable bonds is 4. The maximum absolute atomic E-state index is 12.8. The number of hydrogen-bond donors (Lipinski definition) is 3. The topological polar surface area (TPSA) is 119 Å². The predicted molar refractivity (Wildman–Crippen MR) is 81.9 cm³/mol. The van der Waals surface area contributed by atoms with Gasteiger partial charge in [0, 0.05) is 6.54 Å². The highest BCUT2D eigenvalue weighted by atomic mass is 32.2. The predicted octanol–water partition coefficient (Wildman–Crippen LogP) is 0.933. The number of piperidine rings is 1. The molecular weight excluding hydrogens is 322 g/mol. The molecule has 0 spiro atoms. The molecule has 9 heteroatoms. The lowest BCUT2D eigenvalue weighted by molar-refractivity contribution is -0.134. The molecule has 1 fully saturated rings. The molecule has 0 aromatic heterocycles. The van der Waals surface area contributed by atoms with Gasteiger partial charge >= 0.3 is 0 Å². The van der Waals surface area contributed by atoms with E-state index >= 15 is 0 Å². The van der Waals surface area contributed by atoms with Crippen molar-refractivity contribution in [3.8, 4) is 0 Å². The van der Waals surface area contributed by atoms with Crippen LogP contribution in [0.25, 0.3) is 0 Å². The van der Waals surface area contributed by atoms with Gasteiger partial charge in [0.05, 0.1) is 10.6 Å². The van der Waals surface area contributed by atoms with E-state index in [1.54, 1.807) is 6.92 Å². The summed E-state index contributed by atoms with van der Waals surface area (Å²) in [6.45, 7) is 1.81. The number of nitrogens with zero attached hydrogens (tertiary/aromatic N) is 2. The van der Waals surface area contributed by atoms with Crippen molar-refractivity contribution in [1.29, 1.82) is 0 Å². The van der Waals surface area contributed by atoms with Crippen LogP contribution < -0.4 is 5.48 Å². The van der Waals surface area contributed by atoms with E-state index in [0.717, 1.165) is 10.7 Å². The standard InChI is InChI=1S/C14H19N3O5S/c1-10(15-19)11-5-7-12(8-6-11)23(21,22)17-9-3-2-4-13(17)14(18)16-20/h5-8,13,19-20H,2-4,9H2,1H3,(H,16,18). The highest BCUT2D eigenvalue weighted by Gasteiger charge is 2.37. The third-order valence-electron chi connectivity index (χ3n) is 3.90. The molecule has 0 aliphatic carbocycles. The van der Waals surface area contributed by atoms with Crippen LogP contribution in [0.5, 0.6) is 0 Å². The molecule has 2 rings (SSSR count). The fourth-order valence-electron chi connectivity index (χ4n) is 2.59. The van der Waals surface area contributed by atoms with Crippen molar-refractivity contribution < 1.29 is 23.6 Å². The Morgan fingerprint density at radius 3 is 2.52 bits per heavy atom. The second kappa shape index (κ2) is 7.07. The summed E-state index contributed by atoms with van der Waals surface area (Å²) in [6.07, 6.45) is 1.73. The van der Waals surface area contributed by atoms with Gasteiger partial charge in [-0.2, -0.15) is 4.31 Å². The molecular formula is C14H19N3O5S. The van der Waals surface area contributed by atoms with Crippen LogP contribution in [0.15, 0.2) is 34.3 Å². The highest BCUT2D eigenvalue weighted by molar-refractivity contribution is 7.89. The fourth-order valence-corrected chi connectivity index (χ4v) is 4.25. The van der Waals surface area contributed by atoms with Crippen molar-refractivity contribution in [2.24, 2.45) is 5.16 Å². The minimum atomic E-state index is -3.86. The summed E-state index contributed by atoms with van der Waals surface area (Å²) in [5.74, 6) is -0.729. The van der Waals surface area contributed by atoms with E-state index in [-0.39, 0.29) is 11.4 Å². The summed E-state index contributed by atoms with van der Waals surface area (Å²) >= 11 is 0. The van der Waals surface area contributed by atoms with E-state index in [4.69, 9.17) is 10.4 Å². The lowest BCUT2D eigenvalue weighted by Crippen LogP contribution is -2.51. The Kier molecular flexibility index (Phi) is 5.34. The van der Waals surface area contributed by atoms with Crippen LogP contribution in [0, 0.1) is 0 Å². The van der Waals surface area contributed by atoms with Crippen LogP contribution in [-0.4, -0.2) is 47.3 Å². The van der Waals surface area contributed by atoms with Crippen LogP contribution in [0.4, 0.5) is 0 Å². The minimum Gasteiger partial charge on any atom is -0.411 e. The van der Waals surface area contributed by atoms with Crippen molar-refractivity contribution in [1.82, 2.24) is 9.79 Å². The molecule has 0 bridgehead atoms. The molecule has 1 heterocycles. The first-order valence-corrected chi connectivity index (χ1v) is 8.60. The van der Waals surface area contributed by atoms with E-state index in [2.05, 4.69) is 5.16 Å². The lowest BCUT2D eigenvalue weighted by atomic mass is 10.0. The fraction of sp³-hybridized carbons (Fsp3) is 0.429. The van der Waals surface area contributed by atoms with Gasteiger partial charge in [0.2, 0.25) is 10.0 Å². The average molecular weight is 341 g/mol.